The van der Waals surface area contributed by atoms with Crippen molar-refractivity contribution in [3.63, 3.8) is 0 Å². The lowest BCUT2D eigenvalue weighted by molar-refractivity contribution is -0.141. The van der Waals surface area contributed by atoms with Gasteiger partial charge in [0.15, 0.2) is 0 Å². The van der Waals surface area contributed by atoms with Gasteiger partial charge in [-0.15, -0.1) is 0 Å². The lowest BCUT2D eigenvalue weighted by Gasteiger charge is -2.12. The Labute approximate surface area is 76.1 Å². The molecule has 0 spiro atoms. The smallest absolute Gasteiger partial charge is 0.325 e. The van der Waals surface area contributed by atoms with Crippen molar-refractivity contribution >= 4 is 11.9 Å². The van der Waals surface area contributed by atoms with Gasteiger partial charge >= 0.3 is 5.97 Å². The van der Waals surface area contributed by atoms with Crippen molar-refractivity contribution in [1.29, 1.82) is 0 Å². The largest absolute Gasteiger partial charge is 0.480 e. The molecule has 1 rings (SSSR count). The maximum Gasteiger partial charge on any atom is 0.325 e. The van der Waals surface area contributed by atoms with E-state index < -0.39 is 12.0 Å². The van der Waals surface area contributed by atoms with Crippen molar-refractivity contribution in [2.75, 3.05) is 13.2 Å². The number of ether oxygens (including phenoxy) is 1. The Hall–Kier alpha value is -1.10. The number of rotatable bonds is 3. The minimum atomic E-state index is -1.02. The van der Waals surface area contributed by atoms with Crippen LogP contribution in [0.3, 0.4) is 0 Å². The second-order valence-electron chi connectivity index (χ2n) is 3.13. The highest BCUT2D eigenvalue weighted by atomic mass is 16.5. The molecule has 1 aliphatic heterocycles. The minimum Gasteiger partial charge on any atom is -0.480 e. The van der Waals surface area contributed by atoms with Crippen molar-refractivity contribution < 1.29 is 19.4 Å². The van der Waals surface area contributed by atoms with Crippen LogP contribution in [0.1, 0.15) is 13.3 Å². The molecule has 0 aromatic rings. The average Bonchev–Trinajstić information content (AvgIpc) is 2.55. The summed E-state index contributed by atoms with van der Waals surface area (Å²) >= 11 is 0. The van der Waals surface area contributed by atoms with E-state index in [9.17, 15) is 9.59 Å². The molecule has 1 amide bonds. The van der Waals surface area contributed by atoms with E-state index in [4.69, 9.17) is 9.84 Å². The lowest BCUT2D eigenvalue weighted by atomic mass is 10.1. The summed E-state index contributed by atoms with van der Waals surface area (Å²) in [6, 6.07) is -0.826. The predicted molar refractivity (Wildman–Crippen MR) is 44.2 cm³/mol. The van der Waals surface area contributed by atoms with Crippen LogP contribution in [-0.2, 0) is 14.3 Å². The summed E-state index contributed by atoms with van der Waals surface area (Å²) in [5, 5.41) is 10.9. The van der Waals surface area contributed by atoms with Crippen molar-refractivity contribution in [1.82, 2.24) is 5.32 Å². The van der Waals surface area contributed by atoms with Crippen molar-refractivity contribution in [2.24, 2.45) is 5.92 Å². The first kappa shape index (κ1) is 9.98. The van der Waals surface area contributed by atoms with E-state index in [2.05, 4.69) is 5.32 Å². The van der Waals surface area contributed by atoms with E-state index in [0.29, 0.717) is 19.6 Å². The molecule has 13 heavy (non-hydrogen) atoms. The van der Waals surface area contributed by atoms with E-state index in [0.717, 1.165) is 0 Å². The molecule has 74 valence electrons. The van der Waals surface area contributed by atoms with Gasteiger partial charge in [0.05, 0.1) is 12.5 Å². The fraction of sp³-hybridized carbons (Fsp3) is 0.750. The van der Waals surface area contributed by atoms with Crippen LogP contribution in [0.15, 0.2) is 0 Å². The van der Waals surface area contributed by atoms with Gasteiger partial charge in [0.2, 0.25) is 5.91 Å². The topological polar surface area (TPSA) is 75.6 Å². The maximum atomic E-state index is 11.3. The zero-order valence-corrected chi connectivity index (χ0v) is 7.45. The molecule has 0 saturated carbocycles. The molecule has 0 bridgehead atoms. The highest BCUT2D eigenvalue weighted by molar-refractivity contribution is 5.84. The van der Waals surface area contributed by atoms with Gasteiger partial charge in [0, 0.05) is 6.61 Å². The van der Waals surface area contributed by atoms with Gasteiger partial charge < -0.3 is 15.2 Å². The molecule has 2 atom stereocenters. The van der Waals surface area contributed by atoms with E-state index in [1.54, 1.807) is 0 Å². The van der Waals surface area contributed by atoms with Gasteiger partial charge in [0.1, 0.15) is 6.04 Å². The fourth-order valence-corrected chi connectivity index (χ4v) is 1.13. The molecule has 0 aromatic carbocycles. The number of hydrogen-bond donors (Lipinski definition) is 2. The number of hydrogen-bond acceptors (Lipinski definition) is 3. The molecule has 0 radical (unpaired) electrons. The van der Waals surface area contributed by atoms with E-state index in [1.165, 1.54) is 6.92 Å². The third-order valence-electron chi connectivity index (χ3n) is 2.03. The molecule has 0 aromatic heterocycles. The minimum absolute atomic E-state index is 0.179. The number of carbonyl (C=O) groups is 2. The van der Waals surface area contributed by atoms with Gasteiger partial charge in [-0.05, 0) is 13.3 Å². The lowest BCUT2D eigenvalue weighted by Crippen LogP contribution is -2.41. The van der Waals surface area contributed by atoms with E-state index >= 15 is 0 Å². The number of aliphatic carboxylic acids is 1. The van der Waals surface area contributed by atoms with Crippen LogP contribution in [0.2, 0.25) is 0 Å². The first-order valence-corrected chi connectivity index (χ1v) is 4.22. The summed E-state index contributed by atoms with van der Waals surface area (Å²) in [7, 11) is 0. The quantitative estimate of drug-likeness (QED) is 0.631. The van der Waals surface area contributed by atoms with Crippen molar-refractivity contribution in [3.05, 3.63) is 0 Å². The molecular weight excluding hydrogens is 174 g/mol. The zero-order chi connectivity index (χ0) is 9.84. The van der Waals surface area contributed by atoms with Crippen LogP contribution in [0, 0.1) is 5.92 Å². The van der Waals surface area contributed by atoms with E-state index in [1.807, 2.05) is 0 Å². The molecular formula is C8H13NO4. The zero-order valence-electron chi connectivity index (χ0n) is 7.45. The van der Waals surface area contributed by atoms with Gasteiger partial charge in [-0.1, -0.05) is 0 Å². The van der Waals surface area contributed by atoms with Crippen LogP contribution in [-0.4, -0.2) is 36.2 Å². The van der Waals surface area contributed by atoms with Crippen molar-refractivity contribution in [3.8, 4) is 0 Å². The molecule has 1 fully saturated rings. The maximum absolute atomic E-state index is 11.3. The highest BCUT2D eigenvalue weighted by Crippen LogP contribution is 2.12. The number of nitrogens with one attached hydrogen (secondary N) is 1. The third-order valence-corrected chi connectivity index (χ3v) is 2.03. The number of amides is 1. The Morgan fingerprint density at radius 1 is 1.62 bits per heavy atom. The summed E-state index contributed by atoms with van der Waals surface area (Å²) in [6.45, 7) is 2.42. The fourth-order valence-electron chi connectivity index (χ4n) is 1.13. The Morgan fingerprint density at radius 3 is 2.77 bits per heavy atom. The molecule has 5 heteroatoms. The molecule has 2 unspecified atom stereocenters. The van der Waals surface area contributed by atoms with Gasteiger partial charge in [-0.3, -0.25) is 9.59 Å². The van der Waals surface area contributed by atoms with Crippen LogP contribution in [0.4, 0.5) is 0 Å². The molecule has 5 nitrogen and oxygen atoms in total. The Morgan fingerprint density at radius 2 is 2.31 bits per heavy atom. The van der Waals surface area contributed by atoms with Crippen molar-refractivity contribution in [2.45, 2.75) is 19.4 Å². The first-order valence-electron chi connectivity index (χ1n) is 4.22. The summed E-state index contributed by atoms with van der Waals surface area (Å²) < 4.78 is 5.01. The average molecular weight is 187 g/mol. The normalized spacial score (nSPS) is 23.9. The van der Waals surface area contributed by atoms with Crippen LogP contribution < -0.4 is 5.32 Å². The van der Waals surface area contributed by atoms with Crippen LogP contribution in [0.25, 0.3) is 0 Å². The second kappa shape index (κ2) is 4.23. The predicted octanol–water partition coefficient (Wildman–Crippen LogP) is -0.388. The van der Waals surface area contributed by atoms with Gasteiger partial charge in [-0.25, -0.2) is 0 Å². The number of carbonyl (C=O) groups excluding carboxylic acids is 1. The number of carboxylic acids is 1. The van der Waals surface area contributed by atoms with Crippen LogP contribution >= 0.6 is 0 Å². The van der Waals surface area contributed by atoms with Gasteiger partial charge in [0.25, 0.3) is 0 Å². The van der Waals surface area contributed by atoms with Gasteiger partial charge in [-0.2, -0.15) is 0 Å². The Bertz CT molecular complexity index is 210. The standard InChI is InChI=1S/C8H13NO4/c1-5(8(11)12)9-7(10)6-2-3-13-4-6/h5-6H,2-4H2,1H3,(H,9,10)(H,11,12). The first-order chi connectivity index (χ1) is 6.11. The molecule has 1 heterocycles. The SMILES string of the molecule is CC(NC(=O)C1CCOC1)C(=O)O. The Balaban J connectivity index is 2.35. The molecule has 0 aliphatic carbocycles. The van der Waals surface area contributed by atoms with E-state index in [-0.39, 0.29) is 11.8 Å². The summed E-state index contributed by atoms with van der Waals surface area (Å²) in [5.41, 5.74) is 0. The van der Waals surface area contributed by atoms with Crippen LogP contribution in [0.5, 0.6) is 0 Å². The highest BCUT2D eigenvalue weighted by Gasteiger charge is 2.25. The molecule has 2 N–H and O–H groups in total. The second-order valence-corrected chi connectivity index (χ2v) is 3.13. The Kier molecular flexibility index (Phi) is 3.25. The monoisotopic (exact) mass is 187 g/mol. The summed E-state index contributed by atoms with van der Waals surface area (Å²) in [6.07, 6.45) is 0.679. The third kappa shape index (κ3) is 2.69. The summed E-state index contributed by atoms with van der Waals surface area (Å²) in [5.74, 6) is -1.43. The summed E-state index contributed by atoms with van der Waals surface area (Å²) in [4.78, 5) is 21.7. The molecule has 1 aliphatic rings. The number of carboxylic acid groups (broad SMARTS) is 1. The molecule has 1 saturated heterocycles.